The van der Waals surface area contributed by atoms with Crippen molar-refractivity contribution in [3.05, 3.63) is 48.0 Å². The SMILES string of the molecule is CCC(=O)OC(COC)COc1c2ccccc2c(OCC(COC)OC(=O)CC)c2cc(C)ccc12. The summed E-state index contributed by atoms with van der Waals surface area (Å²) in [6.07, 6.45) is -0.546. The van der Waals surface area contributed by atoms with E-state index in [0.717, 1.165) is 27.1 Å². The average molecular weight is 513 g/mol. The van der Waals surface area contributed by atoms with Gasteiger partial charge in [-0.3, -0.25) is 9.59 Å². The number of carbonyl (C=O) groups excluding carboxylic acids is 2. The fraction of sp³-hybridized carbons (Fsp3) is 0.448. The molecule has 0 aliphatic carbocycles. The summed E-state index contributed by atoms with van der Waals surface area (Å²) in [5, 5.41) is 3.41. The maximum atomic E-state index is 11.9. The first kappa shape index (κ1) is 28.2. The Hall–Kier alpha value is -3.36. The molecule has 2 atom stereocenters. The van der Waals surface area contributed by atoms with E-state index in [4.69, 9.17) is 28.4 Å². The van der Waals surface area contributed by atoms with Crippen LogP contribution in [0.1, 0.15) is 32.3 Å². The lowest BCUT2D eigenvalue weighted by Crippen LogP contribution is -2.29. The van der Waals surface area contributed by atoms with Crippen molar-refractivity contribution in [2.24, 2.45) is 0 Å². The average Bonchev–Trinajstić information content (AvgIpc) is 2.90. The molecule has 0 N–H and O–H groups in total. The van der Waals surface area contributed by atoms with Crippen molar-refractivity contribution in [2.45, 2.75) is 45.8 Å². The van der Waals surface area contributed by atoms with Crippen LogP contribution in [0.4, 0.5) is 0 Å². The highest BCUT2D eigenvalue weighted by molar-refractivity contribution is 6.11. The number of ether oxygens (including phenoxy) is 6. The van der Waals surface area contributed by atoms with Crippen LogP contribution < -0.4 is 9.47 Å². The molecule has 0 saturated heterocycles. The molecule has 3 aromatic carbocycles. The van der Waals surface area contributed by atoms with E-state index in [0.29, 0.717) is 11.5 Å². The lowest BCUT2D eigenvalue weighted by atomic mass is 9.99. The molecule has 2 unspecified atom stereocenters. The topological polar surface area (TPSA) is 89.5 Å². The number of rotatable bonds is 14. The van der Waals surface area contributed by atoms with E-state index in [-0.39, 0.29) is 51.2 Å². The summed E-state index contributed by atoms with van der Waals surface area (Å²) in [5.74, 6) is 0.710. The maximum Gasteiger partial charge on any atom is 0.305 e. The standard InChI is InChI=1S/C29H36O8/c1-6-26(30)36-20(15-32-4)17-34-28-22-10-8-9-11-23(22)29(25-14-19(3)12-13-24(25)28)35-18-21(16-33-5)37-27(31)7-2/h8-14,20-21H,6-7,15-18H2,1-5H3. The molecule has 0 fully saturated rings. The van der Waals surface area contributed by atoms with Gasteiger partial charge in [0.25, 0.3) is 0 Å². The number of esters is 2. The van der Waals surface area contributed by atoms with Crippen LogP contribution >= 0.6 is 0 Å². The Morgan fingerprint density at radius 1 is 0.676 bits per heavy atom. The van der Waals surface area contributed by atoms with Crippen LogP contribution in [0.5, 0.6) is 11.5 Å². The minimum absolute atomic E-state index is 0.135. The van der Waals surface area contributed by atoms with Crippen molar-refractivity contribution in [3.63, 3.8) is 0 Å². The number of fused-ring (bicyclic) bond motifs is 2. The summed E-state index contributed by atoms with van der Waals surface area (Å²) >= 11 is 0. The predicted molar refractivity (Wildman–Crippen MR) is 141 cm³/mol. The van der Waals surface area contributed by atoms with Gasteiger partial charge in [0, 0.05) is 48.6 Å². The van der Waals surface area contributed by atoms with Gasteiger partial charge in [-0.15, -0.1) is 0 Å². The van der Waals surface area contributed by atoms with E-state index in [1.807, 2.05) is 49.4 Å². The monoisotopic (exact) mass is 512 g/mol. The molecule has 0 heterocycles. The van der Waals surface area contributed by atoms with E-state index in [9.17, 15) is 9.59 Å². The van der Waals surface area contributed by atoms with E-state index < -0.39 is 12.2 Å². The Morgan fingerprint density at radius 2 is 1.14 bits per heavy atom. The second kappa shape index (κ2) is 13.8. The molecule has 0 saturated carbocycles. The minimum Gasteiger partial charge on any atom is -0.488 e. The van der Waals surface area contributed by atoms with Crippen LogP contribution in [0.15, 0.2) is 42.5 Å². The van der Waals surface area contributed by atoms with Crippen molar-refractivity contribution in [2.75, 3.05) is 40.6 Å². The summed E-state index contributed by atoms with van der Waals surface area (Å²) in [5.41, 5.74) is 1.05. The molecule has 3 rings (SSSR count). The second-order valence-electron chi connectivity index (χ2n) is 8.72. The summed E-state index contributed by atoms with van der Waals surface area (Å²) in [4.78, 5) is 23.8. The van der Waals surface area contributed by atoms with Gasteiger partial charge in [-0.2, -0.15) is 0 Å². The van der Waals surface area contributed by atoms with Crippen LogP contribution in [0.25, 0.3) is 21.5 Å². The molecule has 37 heavy (non-hydrogen) atoms. The quantitative estimate of drug-likeness (QED) is 0.220. The van der Waals surface area contributed by atoms with Crippen molar-refractivity contribution in [1.29, 1.82) is 0 Å². The smallest absolute Gasteiger partial charge is 0.305 e. The molecule has 8 heteroatoms. The van der Waals surface area contributed by atoms with Crippen molar-refractivity contribution in [3.8, 4) is 11.5 Å². The molecule has 3 aromatic rings. The van der Waals surface area contributed by atoms with Crippen LogP contribution in [-0.4, -0.2) is 64.8 Å². The lowest BCUT2D eigenvalue weighted by molar-refractivity contribution is -0.153. The lowest BCUT2D eigenvalue weighted by Gasteiger charge is -2.22. The normalized spacial score (nSPS) is 12.8. The van der Waals surface area contributed by atoms with E-state index >= 15 is 0 Å². The second-order valence-corrected chi connectivity index (χ2v) is 8.72. The molecule has 200 valence electrons. The van der Waals surface area contributed by atoms with Gasteiger partial charge in [-0.25, -0.2) is 0 Å². The van der Waals surface area contributed by atoms with Gasteiger partial charge in [0.15, 0.2) is 12.2 Å². The minimum atomic E-state index is -0.546. The van der Waals surface area contributed by atoms with Gasteiger partial charge < -0.3 is 28.4 Å². The summed E-state index contributed by atoms with van der Waals surface area (Å²) in [6.45, 7) is 6.21. The third-order valence-corrected chi connectivity index (χ3v) is 5.79. The third-order valence-electron chi connectivity index (χ3n) is 5.79. The number of hydrogen-bond donors (Lipinski definition) is 0. The molecule has 0 spiro atoms. The van der Waals surface area contributed by atoms with Crippen LogP contribution in [0.3, 0.4) is 0 Å². The third kappa shape index (κ3) is 7.33. The molecular formula is C29H36O8. The molecule has 0 bridgehead atoms. The number of aryl methyl sites for hydroxylation is 1. The molecule has 0 amide bonds. The Labute approximate surface area is 217 Å². The van der Waals surface area contributed by atoms with Gasteiger partial charge in [0.1, 0.15) is 24.7 Å². The maximum absolute atomic E-state index is 11.9. The highest BCUT2D eigenvalue weighted by atomic mass is 16.6. The zero-order valence-corrected chi connectivity index (χ0v) is 22.2. The summed E-state index contributed by atoms with van der Waals surface area (Å²) in [7, 11) is 3.11. The van der Waals surface area contributed by atoms with Gasteiger partial charge in [-0.05, 0) is 13.0 Å². The highest BCUT2D eigenvalue weighted by Gasteiger charge is 2.21. The largest absolute Gasteiger partial charge is 0.488 e. The zero-order chi connectivity index (χ0) is 26.8. The Kier molecular flexibility index (Phi) is 10.5. The predicted octanol–water partition coefficient (Wildman–Crippen LogP) is 5.00. The van der Waals surface area contributed by atoms with E-state index in [1.165, 1.54) is 0 Å². The fourth-order valence-electron chi connectivity index (χ4n) is 4.02. The first-order chi connectivity index (χ1) is 17.9. The van der Waals surface area contributed by atoms with Crippen LogP contribution in [-0.2, 0) is 28.5 Å². The van der Waals surface area contributed by atoms with Gasteiger partial charge >= 0.3 is 11.9 Å². The first-order valence-corrected chi connectivity index (χ1v) is 12.5. The fourth-order valence-corrected chi connectivity index (χ4v) is 4.02. The number of carbonyl (C=O) groups is 2. The van der Waals surface area contributed by atoms with Gasteiger partial charge in [-0.1, -0.05) is 55.8 Å². The van der Waals surface area contributed by atoms with Crippen LogP contribution in [0.2, 0.25) is 0 Å². The van der Waals surface area contributed by atoms with Crippen LogP contribution in [0, 0.1) is 6.92 Å². The molecule has 0 aromatic heterocycles. The Morgan fingerprint density at radius 3 is 1.59 bits per heavy atom. The molecular weight excluding hydrogens is 476 g/mol. The van der Waals surface area contributed by atoms with E-state index in [2.05, 4.69) is 0 Å². The molecule has 0 aliphatic heterocycles. The Balaban J connectivity index is 2.02. The van der Waals surface area contributed by atoms with Crippen molar-refractivity contribution < 1.29 is 38.0 Å². The Bertz CT molecular complexity index is 1210. The van der Waals surface area contributed by atoms with Gasteiger partial charge in [0.2, 0.25) is 0 Å². The molecule has 0 aliphatic rings. The summed E-state index contributed by atoms with van der Waals surface area (Å²) < 4.78 is 34.1. The number of methoxy groups -OCH3 is 2. The zero-order valence-electron chi connectivity index (χ0n) is 22.2. The molecule has 8 nitrogen and oxygen atoms in total. The summed E-state index contributed by atoms with van der Waals surface area (Å²) in [6, 6.07) is 13.8. The number of benzene rings is 3. The number of hydrogen-bond acceptors (Lipinski definition) is 8. The first-order valence-electron chi connectivity index (χ1n) is 12.5. The van der Waals surface area contributed by atoms with Gasteiger partial charge in [0.05, 0.1) is 13.2 Å². The van der Waals surface area contributed by atoms with Crippen molar-refractivity contribution >= 4 is 33.5 Å². The van der Waals surface area contributed by atoms with Crippen molar-refractivity contribution in [1.82, 2.24) is 0 Å². The highest BCUT2D eigenvalue weighted by Crippen LogP contribution is 2.43. The van der Waals surface area contributed by atoms with E-state index in [1.54, 1.807) is 28.1 Å². The molecule has 0 radical (unpaired) electrons.